The first-order chi connectivity index (χ1) is 35.2. The Balaban J connectivity index is 0.000000376. The van der Waals surface area contributed by atoms with Crippen LogP contribution in [0.2, 0.25) is 0 Å². The SMILES string of the molecule is CCC[n+]1cccc(NC(=O)c2ccc(NC(=O)c3ccc(C(=O)Nc4ccc(C(=O)Nc5ccc[n+](CCC)c5)c(OC)c4)cc3)cc2OC)c1.Cc1ccc(S(=O)(=O)[O-])cc1.Cc1ccc(S(=O)(=O)[O-])cc1. The number of aryl methyl sites for hydroxylation is 4. The molecule has 0 saturated carbocycles. The largest absolute Gasteiger partial charge is 0.744 e. The standard InChI is InChI=1S/C40H40N6O6.2C7H8O3S/c1-5-19-45-21-7-9-31(25-45)43-39(49)33-17-15-29(23-35(33)51-3)41-37(47)27-11-13-28(14-12-27)38(48)42-30-16-18-34(36(24-30)52-4)40(50)44-32-10-8-22-46(26-32)20-6-2;2*1-6-2-4-7(5-3-6)11(8,9)10/h7-18,21-26H,5-6,19-20H2,1-4H3,(H2-2,41,42,43,44,47,48,49,50);2*2-5H,1H3,(H,8,9,10). The fourth-order valence-corrected chi connectivity index (χ4v) is 7.82. The van der Waals surface area contributed by atoms with Gasteiger partial charge in [-0.25, -0.2) is 26.0 Å². The summed E-state index contributed by atoms with van der Waals surface area (Å²) in [5, 5.41) is 11.4. The van der Waals surface area contributed by atoms with E-state index < -0.39 is 32.1 Å². The normalized spacial score (nSPS) is 10.8. The molecule has 0 aliphatic carbocycles. The summed E-state index contributed by atoms with van der Waals surface area (Å²) in [5.74, 6) is -0.931. The van der Waals surface area contributed by atoms with Gasteiger partial charge in [0.05, 0.1) is 35.1 Å². The predicted molar refractivity (Wildman–Crippen MR) is 276 cm³/mol. The van der Waals surface area contributed by atoms with Crippen molar-refractivity contribution < 1.29 is 63.7 Å². The smallest absolute Gasteiger partial charge is 0.259 e. The topological polar surface area (TPSA) is 257 Å². The van der Waals surface area contributed by atoms with E-state index in [4.69, 9.17) is 9.47 Å². The molecule has 7 rings (SSSR count). The van der Waals surface area contributed by atoms with Gasteiger partial charge >= 0.3 is 0 Å². The number of hydrogen-bond donors (Lipinski definition) is 4. The van der Waals surface area contributed by atoms with Gasteiger partial charge in [0.25, 0.3) is 23.6 Å². The fraction of sp³-hybridized carbons (Fsp3) is 0.185. The van der Waals surface area contributed by atoms with E-state index in [1.165, 1.54) is 62.8 Å². The maximum Gasteiger partial charge on any atom is 0.259 e. The number of carbonyl (C=O) groups excluding carboxylic acids is 4. The molecule has 0 fully saturated rings. The zero-order valence-corrected chi connectivity index (χ0v) is 43.1. The van der Waals surface area contributed by atoms with Crippen LogP contribution in [0, 0.1) is 13.8 Å². The van der Waals surface area contributed by atoms with Gasteiger partial charge in [-0.3, -0.25) is 19.2 Å². The van der Waals surface area contributed by atoms with Crippen LogP contribution in [0.3, 0.4) is 0 Å². The van der Waals surface area contributed by atoms with Crippen LogP contribution in [0.25, 0.3) is 0 Å². The van der Waals surface area contributed by atoms with Crippen molar-refractivity contribution in [3.63, 3.8) is 0 Å². The second-order valence-corrected chi connectivity index (χ2v) is 19.2. The number of nitrogens with zero attached hydrogens (tertiary/aromatic N) is 2. The Morgan fingerprint density at radius 3 is 1.12 bits per heavy atom. The average molecular weight is 1050 g/mol. The van der Waals surface area contributed by atoms with Gasteiger partial charge in [0, 0.05) is 59.6 Å². The van der Waals surface area contributed by atoms with Crippen molar-refractivity contribution >= 4 is 66.6 Å². The molecule has 4 N–H and O–H groups in total. The molecule has 5 aromatic carbocycles. The highest BCUT2D eigenvalue weighted by atomic mass is 32.2. The molecule has 0 unspecified atom stereocenters. The zero-order chi connectivity index (χ0) is 54.0. The second kappa shape index (κ2) is 26.4. The summed E-state index contributed by atoms with van der Waals surface area (Å²) in [4.78, 5) is 51.9. The summed E-state index contributed by atoms with van der Waals surface area (Å²) >= 11 is 0. The summed E-state index contributed by atoms with van der Waals surface area (Å²) in [7, 11) is -5.63. The van der Waals surface area contributed by atoms with E-state index in [0.717, 1.165) is 37.1 Å². The van der Waals surface area contributed by atoms with Crippen molar-refractivity contribution in [3.8, 4) is 11.5 Å². The summed E-state index contributed by atoms with van der Waals surface area (Å²) < 4.78 is 77.3. The Labute approximate surface area is 430 Å². The average Bonchev–Trinajstić information content (AvgIpc) is 3.36. The molecular weight excluding hydrogens is 989 g/mol. The number of carbonyl (C=O) groups is 4. The third-order valence-electron chi connectivity index (χ3n) is 10.6. The van der Waals surface area contributed by atoms with Crippen LogP contribution in [-0.2, 0) is 33.3 Å². The number of anilines is 4. The zero-order valence-electron chi connectivity index (χ0n) is 41.4. The lowest BCUT2D eigenvalue weighted by Crippen LogP contribution is -2.33. The Morgan fingerprint density at radius 2 is 0.811 bits per heavy atom. The molecule has 2 heterocycles. The van der Waals surface area contributed by atoms with E-state index in [1.54, 1.807) is 60.7 Å². The summed E-state index contributed by atoms with van der Waals surface area (Å²) in [6.45, 7) is 9.47. The van der Waals surface area contributed by atoms with Crippen molar-refractivity contribution in [1.29, 1.82) is 0 Å². The van der Waals surface area contributed by atoms with Gasteiger partial charge < -0.3 is 39.8 Å². The molecule has 0 saturated heterocycles. The van der Waals surface area contributed by atoms with Gasteiger partial charge in [-0.15, -0.1) is 0 Å². The number of pyridine rings is 2. The first kappa shape index (κ1) is 56.6. The lowest BCUT2D eigenvalue weighted by molar-refractivity contribution is -0.696. The van der Waals surface area contributed by atoms with Gasteiger partial charge in [0.2, 0.25) is 0 Å². The number of nitrogens with one attached hydrogen (secondary N) is 4. The molecule has 4 amide bonds. The molecule has 0 aliphatic rings. The minimum atomic E-state index is -4.27. The molecule has 18 nitrogen and oxygen atoms in total. The van der Waals surface area contributed by atoms with Crippen molar-refractivity contribution in [2.75, 3.05) is 35.5 Å². The van der Waals surface area contributed by atoms with E-state index >= 15 is 0 Å². The van der Waals surface area contributed by atoms with Crippen molar-refractivity contribution in [2.45, 2.75) is 63.4 Å². The molecule has 74 heavy (non-hydrogen) atoms. The van der Waals surface area contributed by atoms with Crippen LogP contribution >= 0.6 is 0 Å². The molecule has 386 valence electrons. The van der Waals surface area contributed by atoms with Crippen LogP contribution in [0.15, 0.2) is 168 Å². The lowest BCUT2D eigenvalue weighted by Gasteiger charge is -2.13. The van der Waals surface area contributed by atoms with E-state index in [-0.39, 0.29) is 21.6 Å². The van der Waals surface area contributed by atoms with Crippen LogP contribution in [-0.4, -0.2) is 63.8 Å². The molecule has 7 aromatic rings. The number of methoxy groups -OCH3 is 2. The van der Waals surface area contributed by atoms with Gasteiger partial charge in [-0.05, 0) is 98.8 Å². The van der Waals surface area contributed by atoms with Gasteiger partial charge in [0.1, 0.15) is 56.2 Å². The Hall–Kier alpha value is -8.30. The highest BCUT2D eigenvalue weighted by Gasteiger charge is 2.18. The first-order valence-corrected chi connectivity index (χ1v) is 25.8. The molecule has 0 radical (unpaired) electrons. The van der Waals surface area contributed by atoms with Crippen molar-refractivity contribution in [2.24, 2.45) is 0 Å². The lowest BCUT2D eigenvalue weighted by atomic mass is 10.1. The predicted octanol–water partition coefficient (Wildman–Crippen LogP) is 7.91. The number of hydrogen-bond acceptors (Lipinski definition) is 12. The van der Waals surface area contributed by atoms with Crippen molar-refractivity contribution in [1.82, 2.24) is 0 Å². The fourth-order valence-electron chi connectivity index (χ4n) is 6.89. The summed E-state index contributed by atoms with van der Waals surface area (Å²) in [5.41, 5.74) is 5.27. The van der Waals surface area contributed by atoms with Gasteiger partial charge in [0.15, 0.2) is 24.8 Å². The Morgan fingerprint density at radius 1 is 0.473 bits per heavy atom. The summed E-state index contributed by atoms with van der Waals surface area (Å²) in [6, 6.07) is 34.6. The number of ether oxygens (including phenoxy) is 2. The number of benzene rings is 5. The van der Waals surface area contributed by atoms with E-state index in [9.17, 15) is 45.1 Å². The summed E-state index contributed by atoms with van der Waals surface area (Å²) in [6.07, 6.45) is 9.54. The van der Waals surface area contributed by atoms with Crippen LogP contribution in [0.5, 0.6) is 11.5 Å². The quantitative estimate of drug-likeness (QED) is 0.0532. The van der Waals surface area contributed by atoms with Crippen LogP contribution in [0.4, 0.5) is 22.7 Å². The molecular formula is C54H56N6O12S2. The maximum absolute atomic E-state index is 13.1. The third kappa shape index (κ3) is 16.9. The van der Waals surface area contributed by atoms with Gasteiger partial charge in [-0.1, -0.05) is 49.2 Å². The molecule has 0 spiro atoms. The van der Waals surface area contributed by atoms with E-state index in [2.05, 4.69) is 35.1 Å². The second-order valence-electron chi connectivity index (χ2n) is 16.4. The number of amides is 4. The number of aromatic nitrogens is 2. The van der Waals surface area contributed by atoms with Gasteiger partial charge in [-0.2, -0.15) is 0 Å². The first-order valence-electron chi connectivity index (χ1n) is 23.0. The number of rotatable bonds is 16. The highest BCUT2D eigenvalue weighted by molar-refractivity contribution is 7.86. The molecule has 20 heteroatoms. The Kier molecular flexibility index (Phi) is 20.2. The van der Waals surface area contributed by atoms with Crippen LogP contribution in [0.1, 0.15) is 79.2 Å². The van der Waals surface area contributed by atoms with E-state index in [1.807, 2.05) is 72.0 Å². The van der Waals surface area contributed by atoms with E-state index in [0.29, 0.717) is 56.5 Å². The highest BCUT2D eigenvalue weighted by Crippen LogP contribution is 2.27. The molecule has 0 atom stereocenters. The van der Waals surface area contributed by atoms with Crippen LogP contribution < -0.4 is 39.9 Å². The molecule has 0 aliphatic heterocycles. The molecule has 2 aromatic heterocycles. The minimum Gasteiger partial charge on any atom is -0.744 e. The van der Waals surface area contributed by atoms with Crippen molar-refractivity contribution in [3.05, 3.63) is 192 Å². The minimum absolute atomic E-state index is 0.178. The maximum atomic E-state index is 13.1. The monoisotopic (exact) mass is 1040 g/mol. The third-order valence-corrected chi connectivity index (χ3v) is 12.3. The Bertz CT molecular complexity index is 3100. The molecule has 0 bridgehead atoms.